The Balaban J connectivity index is 2.19. The molecule has 0 fully saturated rings. The van der Waals surface area contributed by atoms with Crippen molar-refractivity contribution in [3.05, 3.63) is 35.9 Å². The first kappa shape index (κ1) is 16.7. The van der Waals surface area contributed by atoms with Gasteiger partial charge in [-0.25, -0.2) is 0 Å². The number of amides is 1. The zero-order chi connectivity index (χ0) is 14.8. The van der Waals surface area contributed by atoms with Crippen molar-refractivity contribution in [1.29, 1.82) is 0 Å². The van der Waals surface area contributed by atoms with Crippen LogP contribution in [0.4, 0.5) is 0 Å². The zero-order valence-corrected chi connectivity index (χ0v) is 12.7. The lowest BCUT2D eigenvalue weighted by atomic mass is 10.1. The molecule has 0 saturated heterocycles. The molecule has 0 heterocycles. The second-order valence-electron chi connectivity index (χ2n) is 5.28. The predicted molar refractivity (Wildman–Crippen MR) is 83.6 cm³/mol. The second-order valence-corrected chi connectivity index (χ2v) is 5.28. The molecular formula is C16H27N3O. The van der Waals surface area contributed by atoms with Crippen LogP contribution in [0.3, 0.4) is 0 Å². The summed E-state index contributed by atoms with van der Waals surface area (Å²) in [6.07, 6.45) is 2.99. The molecule has 2 N–H and O–H groups in total. The first-order chi connectivity index (χ1) is 9.63. The number of benzene rings is 1. The smallest absolute Gasteiger partial charge is 0.236 e. The number of rotatable bonds is 9. The molecule has 1 aromatic carbocycles. The van der Waals surface area contributed by atoms with Crippen LogP contribution in [0, 0.1) is 0 Å². The number of aryl methyl sites for hydroxylation is 1. The van der Waals surface area contributed by atoms with Gasteiger partial charge in [-0.2, -0.15) is 0 Å². The van der Waals surface area contributed by atoms with Gasteiger partial charge in [0.2, 0.25) is 5.91 Å². The summed E-state index contributed by atoms with van der Waals surface area (Å²) in [4.78, 5) is 15.8. The fraction of sp³-hybridized carbons (Fsp3) is 0.562. The van der Waals surface area contributed by atoms with E-state index in [0.29, 0.717) is 13.1 Å². The molecule has 112 valence electrons. The number of likely N-dealkylation sites (N-methyl/N-ethyl adjacent to an activating group) is 2. The van der Waals surface area contributed by atoms with Gasteiger partial charge in [-0.05, 0) is 45.0 Å². The fourth-order valence-electron chi connectivity index (χ4n) is 2.08. The van der Waals surface area contributed by atoms with Gasteiger partial charge >= 0.3 is 0 Å². The van der Waals surface area contributed by atoms with Crippen molar-refractivity contribution in [3.8, 4) is 0 Å². The van der Waals surface area contributed by atoms with Crippen LogP contribution in [0.25, 0.3) is 0 Å². The van der Waals surface area contributed by atoms with Gasteiger partial charge in [-0.15, -0.1) is 0 Å². The second kappa shape index (κ2) is 9.50. The molecule has 0 spiro atoms. The number of carbonyl (C=O) groups excluding carboxylic acids is 1. The normalized spacial score (nSPS) is 10.8. The third-order valence-electron chi connectivity index (χ3n) is 3.38. The Morgan fingerprint density at radius 2 is 1.80 bits per heavy atom. The molecule has 1 aromatic rings. The SMILES string of the molecule is CN(CCCc1ccccc1)CC(=O)N(C)CCCN. The maximum absolute atomic E-state index is 11.9. The van der Waals surface area contributed by atoms with E-state index in [-0.39, 0.29) is 5.91 Å². The standard InChI is InChI=1S/C16H27N3O/c1-18(14-16(20)19(2)13-7-11-17)12-6-10-15-8-4-3-5-9-15/h3-5,8-9H,6-7,10-14,17H2,1-2H3. The van der Waals surface area contributed by atoms with Crippen LogP contribution in [-0.4, -0.2) is 56.0 Å². The van der Waals surface area contributed by atoms with E-state index in [9.17, 15) is 4.79 Å². The van der Waals surface area contributed by atoms with Gasteiger partial charge in [0.25, 0.3) is 0 Å². The maximum atomic E-state index is 11.9. The lowest BCUT2D eigenvalue weighted by Crippen LogP contribution is -2.38. The quantitative estimate of drug-likeness (QED) is 0.741. The molecule has 0 bridgehead atoms. The Bertz CT molecular complexity index is 381. The molecule has 0 aliphatic carbocycles. The van der Waals surface area contributed by atoms with Gasteiger partial charge in [-0.3, -0.25) is 9.69 Å². The van der Waals surface area contributed by atoms with Gasteiger partial charge in [0, 0.05) is 13.6 Å². The molecule has 4 heteroatoms. The van der Waals surface area contributed by atoms with E-state index < -0.39 is 0 Å². The summed E-state index contributed by atoms with van der Waals surface area (Å²) in [5, 5.41) is 0. The number of nitrogens with zero attached hydrogens (tertiary/aromatic N) is 2. The van der Waals surface area contributed by atoms with Crippen molar-refractivity contribution in [3.63, 3.8) is 0 Å². The highest BCUT2D eigenvalue weighted by molar-refractivity contribution is 5.77. The lowest BCUT2D eigenvalue weighted by molar-refractivity contribution is -0.130. The predicted octanol–water partition coefficient (Wildman–Crippen LogP) is 1.36. The summed E-state index contributed by atoms with van der Waals surface area (Å²) in [5.41, 5.74) is 6.80. The van der Waals surface area contributed by atoms with E-state index in [2.05, 4.69) is 29.2 Å². The third-order valence-corrected chi connectivity index (χ3v) is 3.38. The van der Waals surface area contributed by atoms with E-state index in [4.69, 9.17) is 5.73 Å². The molecule has 0 radical (unpaired) electrons. The van der Waals surface area contributed by atoms with E-state index in [1.807, 2.05) is 20.2 Å². The van der Waals surface area contributed by atoms with Crippen molar-refractivity contribution in [1.82, 2.24) is 9.80 Å². The molecule has 0 aliphatic rings. The van der Waals surface area contributed by atoms with Crippen molar-refractivity contribution in [2.24, 2.45) is 5.73 Å². The van der Waals surface area contributed by atoms with Crippen LogP contribution < -0.4 is 5.73 Å². The van der Waals surface area contributed by atoms with Gasteiger partial charge in [0.15, 0.2) is 0 Å². The van der Waals surface area contributed by atoms with Gasteiger partial charge in [-0.1, -0.05) is 30.3 Å². The molecule has 1 amide bonds. The topological polar surface area (TPSA) is 49.6 Å². The average Bonchev–Trinajstić information content (AvgIpc) is 2.45. The Morgan fingerprint density at radius 1 is 1.10 bits per heavy atom. The van der Waals surface area contributed by atoms with Gasteiger partial charge in [0.1, 0.15) is 0 Å². The summed E-state index contributed by atoms with van der Waals surface area (Å²) in [7, 11) is 3.84. The molecule has 0 atom stereocenters. The van der Waals surface area contributed by atoms with E-state index in [0.717, 1.165) is 32.4 Å². The number of hydrogen-bond donors (Lipinski definition) is 1. The van der Waals surface area contributed by atoms with Crippen molar-refractivity contribution in [2.45, 2.75) is 19.3 Å². The summed E-state index contributed by atoms with van der Waals surface area (Å²) < 4.78 is 0. The third kappa shape index (κ3) is 6.68. The van der Waals surface area contributed by atoms with Crippen LogP contribution in [0.15, 0.2) is 30.3 Å². The Morgan fingerprint density at radius 3 is 2.45 bits per heavy atom. The summed E-state index contributed by atoms with van der Waals surface area (Å²) in [5.74, 6) is 0.167. The van der Waals surface area contributed by atoms with Crippen LogP contribution in [-0.2, 0) is 11.2 Å². The lowest BCUT2D eigenvalue weighted by Gasteiger charge is -2.21. The van der Waals surface area contributed by atoms with Gasteiger partial charge in [0.05, 0.1) is 6.54 Å². The summed E-state index contributed by atoms with van der Waals surface area (Å²) in [6, 6.07) is 10.5. The van der Waals surface area contributed by atoms with Gasteiger partial charge < -0.3 is 10.6 Å². The monoisotopic (exact) mass is 277 g/mol. The Labute approximate surface area is 122 Å². The van der Waals surface area contributed by atoms with Crippen molar-refractivity contribution >= 4 is 5.91 Å². The molecule has 0 saturated carbocycles. The molecule has 0 aliphatic heterocycles. The molecular weight excluding hydrogens is 250 g/mol. The Hall–Kier alpha value is -1.39. The number of nitrogens with two attached hydrogens (primary N) is 1. The molecule has 0 aromatic heterocycles. The maximum Gasteiger partial charge on any atom is 0.236 e. The fourth-order valence-corrected chi connectivity index (χ4v) is 2.08. The van der Waals surface area contributed by atoms with E-state index in [1.54, 1.807) is 4.90 Å². The van der Waals surface area contributed by atoms with E-state index >= 15 is 0 Å². The molecule has 0 unspecified atom stereocenters. The Kier molecular flexibility index (Phi) is 7.92. The zero-order valence-electron chi connectivity index (χ0n) is 12.7. The summed E-state index contributed by atoms with van der Waals surface area (Å²) in [6.45, 7) is 2.79. The first-order valence-electron chi connectivity index (χ1n) is 7.30. The minimum atomic E-state index is 0.167. The highest BCUT2D eigenvalue weighted by Crippen LogP contribution is 2.03. The largest absolute Gasteiger partial charge is 0.345 e. The molecule has 1 rings (SSSR count). The van der Waals surface area contributed by atoms with E-state index in [1.165, 1.54) is 5.56 Å². The van der Waals surface area contributed by atoms with Crippen LogP contribution in [0.5, 0.6) is 0 Å². The highest BCUT2D eigenvalue weighted by Gasteiger charge is 2.10. The van der Waals surface area contributed by atoms with Crippen LogP contribution in [0.1, 0.15) is 18.4 Å². The first-order valence-corrected chi connectivity index (χ1v) is 7.30. The molecule has 4 nitrogen and oxygen atoms in total. The molecule has 20 heavy (non-hydrogen) atoms. The number of hydrogen-bond acceptors (Lipinski definition) is 3. The average molecular weight is 277 g/mol. The van der Waals surface area contributed by atoms with Crippen LogP contribution in [0.2, 0.25) is 0 Å². The number of carbonyl (C=O) groups is 1. The minimum absolute atomic E-state index is 0.167. The van der Waals surface area contributed by atoms with Crippen molar-refractivity contribution in [2.75, 3.05) is 40.3 Å². The van der Waals surface area contributed by atoms with Crippen LogP contribution >= 0.6 is 0 Å². The highest BCUT2D eigenvalue weighted by atomic mass is 16.2. The minimum Gasteiger partial charge on any atom is -0.345 e. The van der Waals surface area contributed by atoms with Crippen molar-refractivity contribution < 1.29 is 4.79 Å². The summed E-state index contributed by atoms with van der Waals surface area (Å²) >= 11 is 0.